The quantitative estimate of drug-likeness (QED) is 0.402. The van der Waals surface area contributed by atoms with Crippen LogP contribution in [-0.4, -0.2) is 78.2 Å². The van der Waals surface area contributed by atoms with E-state index >= 15 is 0 Å². The summed E-state index contributed by atoms with van der Waals surface area (Å²) >= 11 is 0.0429. The summed E-state index contributed by atoms with van der Waals surface area (Å²) in [5.74, 6) is 0.911. The van der Waals surface area contributed by atoms with E-state index in [1.165, 1.54) is 3.97 Å². The number of aromatic nitrogens is 2. The topological polar surface area (TPSA) is 74.7 Å². The zero-order chi connectivity index (χ0) is 24.0. The summed E-state index contributed by atoms with van der Waals surface area (Å²) in [5.41, 5.74) is 1.91. The number of anilines is 1. The second-order valence-corrected chi connectivity index (χ2v) is 8.58. The molecule has 2 aromatic rings. The zero-order valence-corrected chi connectivity index (χ0v) is 20.3. The van der Waals surface area contributed by atoms with Gasteiger partial charge in [0.1, 0.15) is 11.6 Å². The van der Waals surface area contributed by atoms with Crippen LogP contribution in [0.1, 0.15) is 12.5 Å². The molecule has 2 amide bonds. The van der Waals surface area contributed by atoms with Crippen LogP contribution >= 0.6 is 12.3 Å². The number of halogens is 1. The first-order valence-electron chi connectivity index (χ1n) is 10.7. The number of likely N-dealkylation sites (N-methyl/N-ethyl adjacent to an activating group) is 1. The van der Waals surface area contributed by atoms with Crippen LogP contribution in [0.4, 0.5) is 14.5 Å². The third-order valence-electron chi connectivity index (χ3n) is 5.39. The van der Waals surface area contributed by atoms with E-state index in [9.17, 15) is 8.68 Å². The highest BCUT2D eigenvalue weighted by molar-refractivity contribution is 7.92. The number of rotatable bonds is 10. The molecule has 1 fully saturated rings. The van der Waals surface area contributed by atoms with Crippen LogP contribution in [0.5, 0.6) is 0 Å². The molecule has 1 aliphatic rings. The molecule has 0 aliphatic carbocycles. The molecule has 1 aliphatic heterocycles. The Morgan fingerprint density at radius 2 is 2.18 bits per heavy atom. The first-order valence-corrected chi connectivity index (χ1v) is 11.4. The van der Waals surface area contributed by atoms with Crippen LogP contribution in [0.25, 0.3) is 16.6 Å². The van der Waals surface area contributed by atoms with Crippen LogP contribution in [-0.2, 0) is 4.74 Å². The fourth-order valence-electron chi connectivity index (χ4n) is 3.71. The summed E-state index contributed by atoms with van der Waals surface area (Å²) in [6.07, 6.45) is 7.01. The molecule has 0 unspecified atom stereocenters. The van der Waals surface area contributed by atoms with Crippen molar-refractivity contribution in [2.75, 3.05) is 52.7 Å². The molecule has 2 aromatic heterocycles. The lowest BCUT2D eigenvalue weighted by Crippen LogP contribution is -2.60. The number of amides is 2. The number of fused-ring (bicyclic) bond motifs is 1. The Balaban J connectivity index is 1.74. The number of allylic oxidation sites excluding steroid dienone is 4. The van der Waals surface area contributed by atoms with E-state index in [2.05, 4.69) is 32.0 Å². The number of likely N-dealkylation sites (tertiary alicyclic amines) is 1. The van der Waals surface area contributed by atoms with Gasteiger partial charge in [-0.25, -0.2) is 13.8 Å². The lowest BCUT2D eigenvalue weighted by Gasteiger charge is -2.39. The lowest BCUT2D eigenvalue weighted by molar-refractivity contribution is 0.121. The van der Waals surface area contributed by atoms with Crippen molar-refractivity contribution >= 4 is 40.8 Å². The summed E-state index contributed by atoms with van der Waals surface area (Å²) in [4.78, 5) is 21.3. The molecule has 33 heavy (non-hydrogen) atoms. The Kier molecular flexibility index (Phi) is 8.54. The van der Waals surface area contributed by atoms with Gasteiger partial charge in [0.2, 0.25) is 0 Å². The van der Waals surface area contributed by atoms with Crippen molar-refractivity contribution in [3.8, 4) is 0 Å². The Hall–Kier alpha value is -2.82. The van der Waals surface area contributed by atoms with Crippen molar-refractivity contribution in [3.05, 3.63) is 54.5 Å². The Bertz CT molecular complexity index is 1060. The summed E-state index contributed by atoms with van der Waals surface area (Å²) in [6.45, 7) is 9.30. The smallest absolute Gasteiger partial charge is 0.320 e. The van der Waals surface area contributed by atoms with Crippen molar-refractivity contribution in [1.82, 2.24) is 24.1 Å². The molecule has 0 aromatic carbocycles. The van der Waals surface area contributed by atoms with Gasteiger partial charge in [-0.3, -0.25) is 10.2 Å². The van der Waals surface area contributed by atoms with Gasteiger partial charge in [-0.15, -0.1) is 3.89 Å². The second kappa shape index (κ2) is 11.4. The second-order valence-electron chi connectivity index (χ2n) is 8.05. The van der Waals surface area contributed by atoms with E-state index in [1.807, 2.05) is 39.2 Å². The van der Waals surface area contributed by atoms with Crippen LogP contribution in [0.15, 0.2) is 48.9 Å². The van der Waals surface area contributed by atoms with Gasteiger partial charge in [-0.2, -0.15) is 0 Å². The zero-order valence-electron chi connectivity index (χ0n) is 19.5. The summed E-state index contributed by atoms with van der Waals surface area (Å²) in [6, 6.07) is 3.30. The van der Waals surface area contributed by atoms with Crippen LogP contribution < -0.4 is 10.6 Å². The minimum Gasteiger partial charge on any atom is -0.496 e. The van der Waals surface area contributed by atoms with Gasteiger partial charge in [0.05, 0.1) is 13.2 Å². The predicted molar refractivity (Wildman–Crippen MR) is 134 cm³/mol. The van der Waals surface area contributed by atoms with Gasteiger partial charge in [0.15, 0.2) is 18.0 Å². The highest BCUT2D eigenvalue weighted by atomic mass is 32.2. The first kappa shape index (κ1) is 24.8. The summed E-state index contributed by atoms with van der Waals surface area (Å²) in [7, 11) is 5.65. The number of carbonyl (C=O) groups excluding carboxylic acids is 1. The Morgan fingerprint density at radius 3 is 2.79 bits per heavy atom. The molecular formula is C23H31FN6O2S. The van der Waals surface area contributed by atoms with E-state index in [0.29, 0.717) is 17.2 Å². The molecule has 3 rings (SSSR count). The SMILES string of the molecule is C=C/C(OC)=C(\C=C/C)c1cn(SF)c2nc(NC(=O)NC3CN(CCN(C)C)C3)ccc12. The largest absolute Gasteiger partial charge is 0.496 e. The number of ether oxygens (including phenoxy) is 1. The van der Waals surface area contributed by atoms with Gasteiger partial charge >= 0.3 is 6.03 Å². The molecule has 10 heteroatoms. The minimum atomic E-state index is -0.326. The number of pyridine rings is 1. The molecule has 0 spiro atoms. The number of hydrogen-bond donors (Lipinski definition) is 2. The normalized spacial score (nSPS) is 15.6. The number of nitrogens with one attached hydrogen (secondary N) is 2. The monoisotopic (exact) mass is 474 g/mol. The molecule has 8 nitrogen and oxygen atoms in total. The maximum atomic E-state index is 13.7. The number of urea groups is 1. The van der Waals surface area contributed by atoms with E-state index < -0.39 is 0 Å². The van der Waals surface area contributed by atoms with Gasteiger partial charge in [-0.1, -0.05) is 18.7 Å². The van der Waals surface area contributed by atoms with Crippen molar-refractivity contribution in [2.24, 2.45) is 0 Å². The van der Waals surface area contributed by atoms with Crippen LogP contribution in [0.3, 0.4) is 0 Å². The summed E-state index contributed by atoms with van der Waals surface area (Å²) < 4.78 is 20.5. The molecule has 0 atom stereocenters. The highest BCUT2D eigenvalue weighted by Gasteiger charge is 2.27. The molecule has 0 saturated carbocycles. The van der Waals surface area contributed by atoms with Crippen molar-refractivity contribution in [3.63, 3.8) is 0 Å². The van der Waals surface area contributed by atoms with Crippen molar-refractivity contribution in [1.29, 1.82) is 0 Å². The van der Waals surface area contributed by atoms with E-state index in [-0.39, 0.29) is 24.4 Å². The van der Waals surface area contributed by atoms with Gasteiger partial charge in [-0.05, 0) is 39.2 Å². The summed E-state index contributed by atoms with van der Waals surface area (Å²) in [5, 5.41) is 6.44. The lowest BCUT2D eigenvalue weighted by atomic mass is 10.0. The first-order chi connectivity index (χ1) is 15.9. The van der Waals surface area contributed by atoms with E-state index in [1.54, 1.807) is 25.4 Å². The fraction of sp³-hybridized carbons (Fsp3) is 0.391. The number of methoxy groups -OCH3 is 1. The maximum Gasteiger partial charge on any atom is 0.320 e. The third-order valence-corrected chi connectivity index (χ3v) is 5.81. The van der Waals surface area contributed by atoms with Crippen LogP contribution in [0.2, 0.25) is 0 Å². The molecule has 2 N–H and O–H groups in total. The van der Waals surface area contributed by atoms with Crippen LogP contribution in [0, 0.1) is 0 Å². The average Bonchev–Trinajstić information content (AvgIpc) is 3.12. The standard InChI is InChI=1S/C23H31FN6O2S/c1-6-8-17(20(7-2)32-5)19-15-30(33-24)22-18(19)9-10-21(26-22)27-23(31)25-16-13-29(14-16)12-11-28(3)4/h6-10,15-16H,2,11-14H2,1,3-5H3,(H2,25,26,27,31)/b8-6-,20-17-. The molecule has 1 saturated heterocycles. The van der Waals surface area contributed by atoms with Gasteiger partial charge in [0.25, 0.3) is 0 Å². The maximum absolute atomic E-state index is 13.7. The average molecular weight is 475 g/mol. The fourth-order valence-corrected chi connectivity index (χ4v) is 4.06. The van der Waals surface area contributed by atoms with Crippen molar-refractivity contribution in [2.45, 2.75) is 13.0 Å². The van der Waals surface area contributed by atoms with Gasteiger partial charge in [0, 0.05) is 48.9 Å². The Labute approximate surface area is 198 Å². The number of nitrogens with zero attached hydrogens (tertiary/aromatic N) is 4. The number of hydrogen-bond acceptors (Lipinski definition) is 6. The molecular weight excluding hydrogens is 443 g/mol. The minimum absolute atomic E-state index is 0.0429. The van der Waals surface area contributed by atoms with Gasteiger partial charge < -0.3 is 15.0 Å². The molecule has 178 valence electrons. The van der Waals surface area contributed by atoms with Crippen molar-refractivity contribution < 1.29 is 13.4 Å². The third kappa shape index (κ3) is 5.95. The predicted octanol–water partition coefficient (Wildman–Crippen LogP) is 3.90. The molecule has 0 radical (unpaired) electrons. The molecule has 0 bridgehead atoms. The molecule has 3 heterocycles. The number of carbonyl (C=O) groups is 1. The van der Waals surface area contributed by atoms with E-state index in [0.717, 1.165) is 42.7 Å². The highest BCUT2D eigenvalue weighted by Crippen LogP contribution is 2.33. The Morgan fingerprint density at radius 1 is 1.42 bits per heavy atom. The van der Waals surface area contributed by atoms with E-state index in [4.69, 9.17) is 4.74 Å².